The number of likely N-dealkylation sites (tertiary alicyclic amines) is 1. The molecule has 0 aromatic heterocycles. The van der Waals surface area contributed by atoms with Crippen LogP contribution >= 0.6 is 0 Å². The monoisotopic (exact) mass is 337 g/mol. The van der Waals surface area contributed by atoms with Crippen molar-refractivity contribution in [1.29, 1.82) is 0 Å². The fraction of sp³-hybridized carbons (Fsp3) is 0.381. The van der Waals surface area contributed by atoms with E-state index in [0.29, 0.717) is 19.6 Å². The molecule has 1 aliphatic heterocycles. The molecule has 0 spiro atoms. The predicted molar refractivity (Wildman–Crippen MR) is 96.5 cm³/mol. The van der Waals surface area contributed by atoms with Crippen LogP contribution in [0.1, 0.15) is 36.8 Å². The molecule has 4 rings (SSSR count). The van der Waals surface area contributed by atoms with Crippen LogP contribution in [0.5, 0.6) is 0 Å². The number of hydrogen-bond acceptors (Lipinski definition) is 3. The fourth-order valence-electron chi connectivity index (χ4n) is 4.18. The van der Waals surface area contributed by atoms with Gasteiger partial charge < -0.3 is 14.7 Å². The van der Waals surface area contributed by atoms with Crippen molar-refractivity contribution in [1.82, 2.24) is 4.90 Å². The molecule has 2 aromatic carbocycles. The molecule has 2 aromatic rings. The highest BCUT2D eigenvalue weighted by molar-refractivity contribution is 5.79. The van der Waals surface area contributed by atoms with Gasteiger partial charge in [-0.2, -0.15) is 0 Å². The van der Waals surface area contributed by atoms with Gasteiger partial charge in [-0.05, 0) is 35.1 Å². The second kappa shape index (κ2) is 6.52. The summed E-state index contributed by atoms with van der Waals surface area (Å²) in [6.45, 7) is 2.73. The molecule has 0 bridgehead atoms. The van der Waals surface area contributed by atoms with E-state index >= 15 is 0 Å². The van der Waals surface area contributed by atoms with E-state index in [-0.39, 0.29) is 18.1 Å². The van der Waals surface area contributed by atoms with Gasteiger partial charge in [0.2, 0.25) is 0 Å². The summed E-state index contributed by atoms with van der Waals surface area (Å²) in [5, 5.41) is 9.84. The second-order valence-electron chi connectivity index (χ2n) is 6.91. The standard InChI is InChI=1S/C21H23NO3/c1-2-14-11-15(23)12-22(14)21(24)25-13-20-18-9-5-3-7-16(18)17-8-4-6-10-19(17)20/h3-10,14-15,20,23H,2,11-13H2,1H3/t14-,15+/m0/s1. The van der Waals surface area contributed by atoms with Crippen LogP contribution in [0.4, 0.5) is 4.79 Å². The molecule has 25 heavy (non-hydrogen) atoms. The minimum Gasteiger partial charge on any atom is -0.448 e. The smallest absolute Gasteiger partial charge is 0.410 e. The molecule has 1 amide bonds. The maximum atomic E-state index is 12.5. The van der Waals surface area contributed by atoms with Gasteiger partial charge >= 0.3 is 6.09 Å². The van der Waals surface area contributed by atoms with Crippen molar-refractivity contribution in [2.75, 3.05) is 13.2 Å². The zero-order chi connectivity index (χ0) is 17.4. The van der Waals surface area contributed by atoms with E-state index in [2.05, 4.69) is 24.3 Å². The molecule has 0 unspecified atom stereocenters. The van der Waals surface area contributed by atoms with Gasteiger partial charge in [0.25, 0.3) is 0 Å². The average Bonchev–Trinajstić information content (AvgIpc) is 3.18. The number of aliphatic hydroxyl groups excluding tert-OH is 1. The van der Waals surface area contributed by atoms with E-state index in [1.165, 1.54) is 22.3 Å². The Morgan fingerprint density at radius 3 is 2.32 bits per heavy atom. The first-order chi connectivity index (χ1) is 12.2. The first-order valence-electron chi connectivity index (χ1n) is 8.98. The summed E-state index contributed by atoms with van der Waals surface area (Å²) in [5.41, 5.74) is 4.87. The van der Waals surface area contributed by atoms with Crippen molar-refractivity contribution in [2.24, 2.45) is 0 Å². The maximum Gasteiger partial charge on any atom is 0.410 e. The zero-order valence-corrected chi connectivity index (χ0v) is 14.4. The van der Waals surface area contributed by atoms with E-state index in [1.54, 1.807) is 4.90 Å². The number of β-amino-alcohol motifs (C(OH)–C–C–N with tert-alkyl or cyclic N) is 1. The van der Waals surface area contributed by atoms with Gasteiger partial charge in [0.15, 0.2) is 0 Å². The summed E-state index contributed by atoms with van der Waals surface area (Å²) in [4.78, 5) is 14.2. The molecule has 4 nitrogen and oxygen atoms in total. The van der Waals surface area contributed by atoms with Crippen molar-refractivity contribution < 1.29 is 14.6 Å². The lowest BCUT2D eigenvalue weighted by Crippen LogP contribution is -2.36. The van der Waals surface area contributed by atoms with Gasteiger partial charge in [-0.15, -0.1) is 0 Å². The minimum absolute atomic E-state index is 0.0731. The average molecular weight is 337 g/mol. The highest BCUT2D eigenvalue weighted by Crippen LogP contribution is 2.44. The van der Waals surface area contributed by atoms with E-state index in [0.717, 1.165) is 6.42 Å². The molecule has 1 fully saturated rings. The minimum atomic E-state index is -0.439. The summed E-state index contributed by atoms with van der Waals surface area (Å²) in [5.74, 6) is 0.0731. The summed E-state index contributed by atoms with van der Waals surface area (Å²) in [7, 11) is 0. The number of carbonyl (C=O) groups is 1. The molecule has 130 valence electrons. The van der Waals surface area contributed by atoms with Crippen LogP contribution in [0.3, 0.4) is 0 Å². The van der Waals surface area contributed by atoms with Gasteiger partial charge in [-0.1, -0.05) is 55.5 Å². The predicted octanol–water partition coefficient (Wildman–Crippen LogP) is 3.78. The molecule has 4 heteroatoms. The number of amides is 1. The van der Waals surface area contributed by atoms with Crippen molar-refractivity contribution in [3.63, 3.8) is 0 Å². The van der Waals surface area contributed by atoms with Gasteiger partial charge in [0, 0.05) is 12.0 Å². The summed E-state index contributed by atoms with van der Waals surface area (Å²) < 4.78 is 5.68. The first kappa shape index (κ1) is 16.2. The lowest BCUT2D eigenvalue weighted by atomic mass is 9.98. The van der Waals surface area contributed by atoms with Gasteiger partial charge in [0.05, 0.1) is 12.6 Å². The summed E-state index contributed by atoms with van der Waals surface area (Å²) in [6.07, 6.45) is 0.720. The van der Waals surface area contributed by atoms with E-state index in [1.807, 2.05) is 31.2 Å². The number of rotatable bonds is 3. The third-order valence-corrected chi connectivity index (χ3v) is 5.43. The molecule has 1 aliphatic carbocycles. The number of carbonyl (C=O) groups excluding carboxylic acids is 1. The lowest BCUT2D eigenvalue weighted by molar-refractivity contribution is 0.0905. The molecule has 2 atom stereocenters. The van der Waals surface area contributed by atoms with Gasteiger partial charge in [-0.3, -0.25) is 0 Å². The number of hydrogen-bond donors (Lipinski definition) is 1. The second-order valence-corrected chi connectivity index (χ2v) is 6.91. The topological polar surface area (TPSA) is 49.8 Å². The molecular weight excluding hydrogens is 314 g/mol. The van der Waals surface area contributed by atoms with Crippen LogP contribution in [-0.2, 0) is 4.74 Å². The number of aliphatic hydroxyl groups is 1. The highest BCUT2D eigenvalue weighted by atomic mass is 16.6. The van der Waals surface area contributed by atoms with Crippen LogP contribution in [0, 0.1) is 0 Å². The largest absolute Gasteiger partial charge is 0.448 e. The van der Waals surface area contributed by atoms with Crippen LogP contribution in [0.25, 0.3) is 11.1 Å². The first-order valence-corrected chi connectivity index (χ1v) is 8.98. The fourth-order valence-corrected chi connectivity index (χ4v) is 4.18. The molecule has 2 aliphatic rings. The summed E-state index contributed by atoms with van der Waals surface area (Å²) in [6, 6.07) is 16.7. The van der Waals surface area contributed by atoms with Gasteiger partial charge in [-0.25, -0.2) is 4.79 Å². The summed E-state index contributed by atoms with van der Waals surface area (Å²) >= 11 is 0. The number of ether oxygens (including phenoxy) is 1. The van der Waals surface area contributed by atoms with Crippen LogP contribution < -0.4 is 0 Å². The number of benzene rings is 2. The van der Waals surface area contributed by atoms with Crippen molar-refractivity contribution in [3.8, 4) is 11.1 Å². The zero-order valence-electron chi connectivity index (χ0n) is 14.4. The van der Waals surface area contributed by atoms with Crippen LogP contribution in [-0.4, -0.2) is 41.4 Å². The Labute approximate surface area is 148 Å². The highest BCUT2D eigenvalue weighted by Gasteiger charge is 2.35. The SMILES string of the molecule is CC[C@H]1C[C@@H](O)CN1C(=O)OCC1c2ccccc2-c2ccccc21. The molecule has 1 heterocycles. The quantitative estimate of drug-likeness (QED) is 0.927. The molecular formula is C21H23NO3. The Kier molecular flexibility index (Phi) is 4.22. The van der Waals surface area contributed by atoms with Crippen molar-refractivity contribution in [3.05, 3.63) is 59.7 Å². The molecule has 0 saturated carbocycles. The normalized spacial score (nSPS) is 21.9. The molecule has 0 radical (unpaired) electrons. The number of fused-ring (bicyclic) bond motifs is 3. The Morgan fingerprint density at radius 1 is 1.12 bits per heavy atom. The third-order valence-electron chi connectivity index (χ3n) is 5.43. The van der Waals surface area contributed by atoms with Crippen LogP contribution in [0.15, 0.2) is 48.5 Å². The Hall–Kier alpha value is -2.33. The molecule has 1 saturated heterocycles. The van der Waals surface area contributed by atoms with E-state index in [9.17, 15) is 9.90 Å². The van der Waals surface area contributed by atoms with Crippen LogP contribution in [0.2, 0.25) is 0 Å². The van der Waals surface area contributed by atoms with Gasteiger partial charge in [0.1, 0.15) is 6.61 Å². The Bertz CT molecular complexity index is 743. The maximum absolute atomic E-state index is 12.5. The molecule has 1 N–H and O–H groups in total. The van der Waals surface area contributed by atoms with Crippen molar-refractivity contribution >= 4 is 6.09 Å². The Morgan fingerprint density at radius 2 is 1.72 bits per heavy atom. The van der Waals surface area contributed by atoms with E-state index in [4.69, 9.17) is 4.74 Å². The lowest BCUT2D eigenvalue weighted by Gasteiger charge is -2.24. The van der Waals surface area contributed by atoms with Crippen molar-refractivity contribution in [2.45, 2.75) is 37.8 Å². The third kappa shape index (κ3) is 2.81. The van der Waals surface area contributed by atoms with E-state index < -0.39 is 6.10 Å². The Balaban J connectivity index is 1.53. The number of nitrogens with zero attached hydrogens (tertiary/aromatic N) is 1.